The number of alkyl halides is 6. The van der Waals surface area contributed by atoms with Gasteiger partial charge in [-0.3, -0.25) is 4.79 Å². The van der Waals surface area contributed by atoms with Crippen LogP contribution in [0.15, 0.2) is 27.6 Å². The number of sulfone groups is 1. The molecule has 2 aromatic rings. The van der Waals surface area contributed by atoms with Crippen LogP contribution in [-0.2, 0) is 21.4 Å². The number of benzene rings is 1. The van der Waals surface area contributed by atoms with Gasteiger partial charge in [-0.15, -0.1) is 0 Å². The summed E-state index contributed by atoms with van der Waals surface area (Å²) in [4.78, 5) is 17.7. The zero-order valence-electron chi connectivity index (χ0n) is 18.5. The van der Waals surface area contributed by atoms with Crippen LogP contribution >= 0.6 is 0 Å². The standard InChI is InChI=1S/C20H19F6N3O5S/c1-10(19(21,22)23)33-13-5-4-11(35(3,31)32)6-12(13)14(30)29-8-17(2)7-18(17,9-29)15-27-16(34-28-15)20(24,25)26/h4-6,10H,7-9H2,1-3H3. The van der Waals surface area contributed by atoms with Gasteiger partial charge in [0.05, 0.1) is 15.9 Å². The summed E-state index contributed by atoms with van der Waals surface area (Å²) in [5.74, 6) is -3.08. The Kier molecular flexibility index (Phi) is 5.47. The third kappa shape index (κ3) is 4.34. The van der Waals surface area contributed by atoms with Gasteiger partial charge in [-0.1, -0.05) is 12.1 Å². The first kappa shape index (κ1) is 25.3. The molecule has 3 atom stereocenters. The van der Waals surface area contributed by atoms with E-state index < -0.39 is 62.2 Å². The molecule has 8 nitrogen and oxygen atoms in total. The number of ether oxygens (including phenoxy) is 1. The quantitative estimate of drug-likeness (QED) is 0.548. The van der Waals surface area contributed by atoms with E-state index in [2.05, 4.69) is 14.7 Å². The first-order chi connectivity index (χ1) is 15.9. The molecule has 1 aliphatic heterocycles. The van der Waals surface area contributed by atoms with Crippen molar-refractivity contribution in [3.63, 3.8) is 0 Å². The van der Waals surface area contributed by atoms with Gasteiger partial charge < -0.3 is 14.2 Å². The molecule has 1 saturated carbocycles. The maximum atomic E-state index is 13.4. The van der Waals surface area contributed by atoms with Crippen LogP contribution in [0.2, 0.25) is 0 Å². The van der Waals surface area contributed by atoms with Crippen LogP contribution in [0, 0.1) is 5.41 Å². The Morgan fingerprint density at radius 1 is 1.20 bits per heavy atom. The zero-order chi connectivity index (χ0) is 26.2. The predicted molar refractivity (Wildman–Crippen MR) is 105 cm³/mol. The van der Waals surface area contributed by atoms with E-state index >= 15 is 0 Å². The Morgan fingerprint density at radius 3 is 2.40 bits per heavy atom. The van der Waals surface area contributed by atoms with E-state index in [1.165, 1.54) is 4.90 Å². The van der Waals surface area contributed by atoms with Crippen LogP contribution in [0.3, 0.4) is 0 Å². The van der Waals surface area contributed by atoms with Crippen LogP contribution in [0.25, 0.3) is 0 Å². The third-order valence-electron chi connectivity index (χ3n) is 6.48. The highest BCUT2D eigenvalue weighted by Gasteiger charge is 2.73. The molecule has 0 bridgehead atoms. The van der Waals surface area contributed by atoms with Gasteiger partial charge in [0.1, 0.15) is 5.75 Å². The lowest BCUT2D eigenvalue weighted by Gasteiger charge is -2.24. The van der Waals surface area contributed by atoms with Gasteiger partial charge in [-0.2, -0.15) is 31.3 Å². The summed E-state index contributed by atoms with van der Waals surface area (Å²) < 4.78 is 111. The van der Waals surface area contributed by atoms with Crippen molar-refractivity contribution in [1.29, 1.82) is 0 Å². The number of carbonyl (C=O) groups excluding carboxylic acids is 1. The SMILES string of the molecule is CC(Oc1ccc(S(C)(=O)=O)cc1C(=O)N1CC2(C)CC2(c2noc(C(F)(F)F)n2)C1)C(F)(F)F. The van der Waals surface area contributed by atoms with E-state index in [-0.39, 0.29) is 23.8 Å². The average Bonchev–Trinajstić information content (AvgIpc) is 3.07. The summed E-state index contributed by atoms with van der Waals surface area (Å²) in [5.41, 5.74) is -2.16. The summed E-state index contributed by atoms with van der Waals surface area (Å²) in [6, 6.07) is 2.91. The number of likely N-dealkylation sites (tertiary alicyclic amines) is 1. The monoisotopic (exact) mass is 527 g/mol. The fourth-order valence-electron chi connectivity index (χ4n) is 4.41. The summed E-state index contributed by atoms with van der Waals surface area (Å²) >= 11 is 0. The Morgan fingerprint density at radius 2 is 1.86 bits per heavy atom. The molecule has 0 N–H and O–H groups in total. The molecule has 4 rings (SSSR count). The van der Waals surface area contributed by atoms with Gasteiger partial charge in [-0.05, 0) is 31.5 Å². The smallest absolute Gasteiger partial charge is 0.471 e. The van der Waals surface area contributed by atoms with Gasteiger partial charge in [0.25, 0.3) is 5.91 Å². The number of fused-ring (bicyclic) bond motifs is 1. The van der Waals surface area contributed by atoms with Crippen molar-refractivity contribution in [3.8, 4) is 5.75 Å². The van der Waals surface area contributed by atoms with E-state index in [9.17, 15) is 39.6 Å². The Bertz CT molecular complexity index is 1290. The van der Waals surface area contributed by atoms with E-state index in [1.54, 1.807) is 6.92 Å². The molecular weight excluding hydrogens is 508 g/mol. The summed E-state index contributed by atoms with van der Waals surface area (Å²) in [6.45, 7) is 2.32. The fourth-order valence-corrected chi connectivity index (χ4v) is 5.06. The van der Waals surface area contributed by atoms with Crippen LogP contribution in [0.5, 0.6) is 5.75 Å². The fraction of sp³-hybridized carbons (Fsp3) is 0.550. The lowest BCUT2D eigenvalue weighted by atomic mass is 9.98. The van der Waals surface area contributed by atoms with Gasteiger partial charge in [0, 0.05) is 24.8 Å². The summed E-state index contributed by atoms with van der Waals surface area (Å²) in [6.07, 6.45) is -10.7. The summed E-state index contributed by atoms with van der Waals surface area (Å²) in [5, 5.41) is 3.45. The topological polar surface area (TPSA) is 103 Å². The predicted octanol–water partition coefficient (Wildman–Crippen LogP) is 3.63. The number of carbonyl (C=O) groups is 1. The molecule has 1 saturated heterocycles. The van der Waals surface area contributed by atoms with Crippen molar-refractivity contribution in [1.82, 2.24) is 15.0 Å². The molecule has 2 aliphatic rings. The van der Waals surface area contributed by atoms with Gasteiger partial charge in [0.2, 0.25) is 0 Å². The molecule has 2 heterocycles. The van der Waals surface area contributed by atoms with E-state index in [4.69, 9.17) is 4.74 Å². The van der Waals surface area contributed by atoms with Crippen molar-refractivity contribution < 1.29 is 48.8 Å². The third-order valence-corrected chi connectivity index (χ3v) is 7.59. The van der Waals surface area contributed by atoms with Crippen molar-refractivity contribution in [2.45, 2.75) is 49.0 Å². The second-order valence-electron chi connectivity index (χ2n) is 9.13. The highest BCUT2D eigenvalue weighted by Crippen LogP contribution is 2.68. The van der Waals surface area contributed by atoms with Gasteiger partial charge in [-0.25, -0.2) is 8.42 Å². The second kappa shape index (κ2) is 7.58. The maximum Gasteiger partial charge on any atom is 0.471 e. The molecule has 15 heteroatoms. The zero-order valence-corrected chi connectivity index (χ0v) is 19.3. The molecule has 35 heavy (non-hydrogen) atoms. The van der Waals surface area contributed by atoms with E-state index in [1.807, 2.05) is 0 Å². The minimum Gasteiger partial charge on any atom is -0.480 e. The molecule has 0 spiro atoms. The Balaban J connectivity index is 1.67. The lowest BCUT2D eigenvalue weighted by molar-refractivity contribution is -0.189. The number of hydrogen-bond acceptors (Lipinski definition) is 7. The molecule has 0 radical (unpaired) electrons. The van der Waals surface area contributed by atoms with Crippen LogP contribution in [0.4, 0.5) is 26.3 Å². The first-order valence-electron chi connectivity index (χ1n) is 10.2. The van der Waals surface area contributed by atoms with Gasteiger partial charge >= 0.3 is 18.2 Å². The van der Waals surface area contributed by atoms with Gasteiger partial charge in [0.15, 0.2) is 21.8 Å². The van der Waals surface area contributed by atoms with Crippen LogP contribution in [-0.4, -0.2) is 61.0 Å². The van der Waals surface area contributed by atoms with Crippen molar-refractivity contribution in [2.24, 2.45) is 5.41 Å². The number of halogens is 6. The van der Waals surface area contributed by atoms with E-state index in [0.717, 1.165) is 31.4 Å². The number of hydrogen-bond donors (Lipinski definition) is 0. The van der Waals surface area contributed by atoms with Crippen molar-refractivity contribution in [2.75, 3.05) is 19.3 Å². The molecular formula is C20H19F6N3O5S. The second-order valence-corrected chi connectivity index (χ2v) is 11.1. The molecule has 1 amide bonds. The highest BCUT2D eigenvalue weighted by molar-refractivity contribution is 7.90. The number of amides is 1. The molecule has 192 valence electrons. The molecule has 1 aromatic heterocycles. The van der Waals surface area contributed by atoms with E-state index in [0.29, 0.717) is 6.42 Å². The van der Waals surface area contributed by atoms with Crippen molar-refractivity contribution >= 4 is 15.7 Å². The van der Waals surface area contributed by atoms with Crippen LogP contribution < -0.4 is 4.74 Å². The number of piperidine rings is 1. The molecule has 2 fully saturated rings. The number of nitrogens with zero attached hydrogens (tertiary/aromatic N) is 3. The average molecular weight is 527 g/mol. The number of rotatable bonds is 5. The minimum atomic E-state index is -4.85. The Hall–Kier alpha value is -2.84. The molecule has 3 unspecified atom stereocenters. The van der Waals surface area contributed by atoms with Crippen molar-refractivity contribution in [3.05, 3.63) is 35.5 Å². The first-order valence-corrected chi connectivity index (χ1v) is 12.0. The molecule has 1 aliphatic carbocycles. The van der Waals surface area contributed by atoms with Crippen LogP contribution in [0.1, 0.15) is 42.3 Å². The maximum absolute atomic E-state index is 13.4. The largest absolute Gasteiger partial charge is 0.480 e. The highest BCUT2D eigenvalue weighted by atomic mass is 32.2. The normalized spacial score (nSPS) is 25.3. The minimum absolute atomic E-state index is 0.0269. The Labute approximate surface area is 195 Å². The lowest BCUT2D eigenvalue weighted by Crippen LogP contribution is -2.35. The summed E-state index contributed by atoms with van der Waals surface area (Å²) in [7, 11) is -3.82. The number of aromatic nitrogens is 2. The molecule has 1 aromatic carbocycles.